The van der Waals surface area contributed by atoms with Gasteiger partial charge in [0.1, 0.15) is 11.6 Å². The van der Waals surface area contributed by atoms with Crippen molar-refractivity contribution in [3.8, 4) is 0 Å². The third-order valence-corrected chi connectivity index (χ3v) is 3.46. The number of likely N-dealkylation sites (tertiary alicyclic amines) is 1. The van der Waals surface area contributed by atoms with Crippen molar-refractivity contribution in [1.29, 1.82) is 0 Å². The molecule has 0 aromatic rings. The number of nitrogens with one attached hydrogen (secondary N) is 1. The molecule has 1 fully saturated rings. The van der Waals surface area contributed by atoms with Crippen molar-refractivity contribution in [2.75, 3.05) is 6.54 Å². The van der Waals surface area contributed by atoms with E-state index in [1.807, 2.05) is 0 Å². The van der Waals surface area contributed by atoms with Crippen LogP contribution in [0.25, 0.3) is 0 Å². The smallest absolute Gasteiger partial charge is 0.408 e. The van der Waals surface area contributed by atoms with E-state index in [1.165, 1.54) is 0 Å². The van der Waals surface area contributed by atoms with Gasteiger partial charge in [-0.3, -0.25) is 4.79 Å². The maximum atomic E-state index is 13.1. The van der Waals surface area contributed by atoms with E-state index in [9.17, 15) is 22.8 Å². The molecule has 0 aromatic carbocycles. The number of ether oxygens (including phenoxy) is 1. The third-order valence-electron chi connectivity index (χ3n) is 3.46. The molecular weight excluding hydrogens is 313 g/mol. The van der Waals surface area contributed by atoms with E-state index in [4.69, 9.17) is 4.74 Å². The molecule has 1 rings (SSSR count). The summed E-state index contributed by atoms with van der Waals surface area (Å²) in [5.74, 6) is -1.11. The molecule has 134 valence electrons. The molecule has 1 saturated heterocycles. The van der Waals surface area contributed by atoms with Crippen LogP contribution in [0.5, 0.6) is 0 Å². The normalized spacial score (nSPS) is 22.9. The SMILES string of the molecule is CC(C)C(=O)N1C[C@H](NC(=O)OC(C)(C)C)CC[C@@H]1C(F)(F)F. The molecule has 0 aromatic heterocycles. The number of halogens is 3. The fourth-order valence-electron chi connectivity index (χ4n) is 2.48. The van der Waals surface area contributed by atoms with Crippen molar-refractivity contribution in [2.45, 2.75) is 71.3 Å². The second kappa shape index (κ2) is 6.97. The second-order valence-corrected chi connectivity index (χ2v) is 7.12. The van der Waals surface area contributed by atoms with E-state index in [2.05, 4.69) is 5.32 Å². The molecule has 0 spiro atoms. The molecule has 2 amide bonds. The number of nitrogens with zero attached hydrogens (tertiary/aromatic N) is 1. The molecular formula is C15H25F3N2O3. The number of piperidine rings is 1. The Morgan fingerprint density at radius 1 is 1.17 bits per heavy atom. The van der Waals surface area contributed by atoms with Gasteiger partial charge in [-0.1, -0.05) is 13.8 Å². The molecule has 1 N–H and O–H groups in total. The quantitative estimate of drug-likeness (QED) is 0.842. The highest BCUT2D eigenvalue weighted by atomic mass is 19.4. The van der Waals surface area contributed by atoms with Crippen LogP contribution < -0.4 is 5.32 Å². The highest BCUT2D eigenvalue weighted by molar-refractivity contribution is 5.79. The second-order valence-electron chi connectivity index (χ2n) is 7.12. The summed E-state index contributed by atoms with van der Waals surface area (Å²) in [6, 6.07) is -2.35. The Kier molecular flexibility index (Phi) is 5.93. The minimum absolute atomic E-state index is 0.144. The van der Waals surface area contributed by atoms with E-state index < -0.39 is 41.8 Å². The summed E-state index contributed by atoms with van der Waals surface area (Å²) in [4.78, 5) is 24.7. The zero-order chi connectivity index (χ0) is 18.0. The van der Waals surface area contributed by atoms with Gasteiger partial charge in [-0.2, -0.15) is 13.2 Å². The number of alkyl carbamates (subject to hydrolysis) is 1. The van der Waals surface area contributed by atoms with E-state index in [0.29, 0.717) is 0 Å². The van der Waals surface area contributed by atoms with Gasteiger partial charge in [0.25, 0.3) is 0 Å². The Bertz CT molecular complexity index is 444. The van der Waals surface area contributed by atoms with E-state index in [-0.39, 0.29) is 19.4 Å². The monoisotopic (exact) mass is 338 g/mol. The molecule has 2 atom stereocenters. The van der Waals surface area contributed by atoms with Crippen LogP contribution in [0.4, 0.5) is 18.0 Å². The van der Waals surface area contributed by atoms with Crippen LogP contribution in [0.2, 0.25) is 0 Å². The first-order valence-corrected chi connectivity index (χ1v) is 7.68. The van der Waals surface area contributed by atoms with Gasteiger partial charge in [0.2, 0.25) is 5.91 Å². The first-order valence-electron chi connectivity index (χ1n) is 7.68. The molecule has 5 nitrogen and oxygen atoms in total. The van der Waals surface area contributed by atoms with Crippen molar-refractivity contribution in [1.82, 2.24) is 10.2 Å². The molecule has 0 aliphatic carbocycles. The molecule has 0 bridgehead atoms. The number of amides is 2. The van der Waals surface area contributed by atoms with Gasteiger partial charge in [-0.05, 0) is 33.6 Å². The number of hydrogen-bond donors (Lipinski definition) is 1. The lowest BCUT2D eigenvalue weighted by Crippen LogP contribution is -2.59. The molecule has 0 saturated carbocycles. The lowest BCUT2D eigenvalue weighted by molar-refractivity contribution is -0.198. The fraction of sp³-hybridized carbons (Fsp3) is 0.867. The van der Waals surface area contributed by atoms with Crippen LogP contribution in [0.1, 0.15) is 47.5 Å². The number of hydrogen-bond acceptors (Lipinski definition) is 3. The summed E-state index contributed by atoms with van der Waals surface area (Å²) < 4.78 is 44.5. The zero-order valence-electron chi connectivity index (χ0n) is 14.2. The van der Waals surface area contributed by atoms with Gasteiger partial charge >= 0.3 is 12.3 Å². The van der Waals surface area contributed by atoms with Crippen LogP contribution in [-0.2, 0) is 9.53 Å². The minimum atomic E-state index is -4.47. The number of rotatable bonds is 2. The molecule has 0 unspecified atom stereocenters. The maximum absolute atomic E-state index is 13.1. The van der Waals surface area contributed by atoms with Crippen molar-refractivity contribution in [2.24, 2.45) is 5.92 Å². The lowest BCUT2D eigenvalue weighted by Gasteiger charge is -2.41. The Morgan fingerprint density at radius 2 is 1.74 bits per heavy atom. The van der Waals surface area contributed by atoms with Crippen molar-refractivity contribution < 1.29 is 27.5 Å². The van der Waals surface area contributed by atoms with Crippen LogP contribution in [-0.4, -0.2) is 47.3 Å². The maximum Gasteiger partial charge on any atom is 0.408 e. The number of carbonyl (C=O) groups is 2. The lowest BCUT2D eigenvalue weighted by atomic mass is 9.96. The van der Waals surface area contributed by atoms with E-state index in [0.717, 1.165) is 4.90 Å². The van der Waals surface area contributed by atoms with Crippen molar-refractivity contribution in [3.63, 3.8) is 0 Å². The van der Waals surface area contributed by atoms with Crippen LogP contribution >= 0.6 is 0 Å². The summed E-state index contributed by atoms with van der Waals surface area (Å²) >= 11 is 0. The van der Waals surface area contributed by atoms with Crippen molar-refractivity contribution in [3.05, 3.63) is 0 Å². The van der Waals surface area contributed by atoms with Crippen LogP contribution in [0.15, 0.2) is 0 Å². The average molecular weight is 338 g/mol. The first kappa shape index (κ1) is 19.6. The van der Waals surface area contributed by atoms with Crippen molar-refractivity contribution >= 4 is 12.0 Å². The van der Waals surface area contributed by atoms with Gasteiger partial charge in [0.15, 0.2) is 0 Å². The standard InChI is InChI=1S/C15H25F3N2O3/c1-9(2)12(21)20-8-10(6-7-11(20)15(16,17)18)19-13(22)23-14(3,4)5/h9-11H,6-8H2,1-5H3,(H,19,22)/t10-,11-/m1/s1. The molecule has 23 heavy (non-hydrogen) atoms. The highest BCUT2D eigenvalue weighted by Crippen LogP contribution is 2.32. The van der Waals surface area contributed by atoms with Gasteiger partial charge in [0.05, 0.1) is 0 Å². The summed E-state index contributed by atoms with van der Waals surface area (Å²) in [5.41, 5.74) is -0.694. The summed E-state index contributed by atoms with van der Waals surface area (Å²) in [7, 11) is 0. The Morgan fingerprint density at radius 3 is 2.17 bits per heavy atom. The average Bonchev–Trinajstić information content (AvgIpc) is 2.33. The number of carbonyl (C=O) groups excluding carboxylic acids is 2. The fourth-order valence-corrected chi connectivity index (χ4v) is 2.48. The number of alkyl halides is 3. The molecule has 1 heterocycles. The molecule has 8 heteroatoms. The van der Waals surface area contributed by atoms with Crippen LogP contribution in [0.3, 0.4) is 0 Å². The summed E-state index contributed by atoms with van der Waals surface area (Å²) in [6.45, 7) is 8.03. The Hall–Kier alpha value is -1.47. The van der Waals surface area contributed by atoms with E-state index in [1.54, 1.807) is 34.6 Å². The first-order chi connectivity index (χ1) is 10.3. The summed E-state index contributed by atoms with van der Waals surface area (Å²) in [5, 5.41) is 2.55. The van der Waals surface area contributed by atoms with Crippen LogP contribution in [0, 0.1) is 5.92 Å². The molecule has 0 radical (unpaired) electrons. The predicted molar refractivity (Wildman–Crippen MR) is 78.8 cm³/mol. The Labute approximate surface area is 134 Å². The third kappa shape index (κ3) is 5.91. The topological polar surface area (TPSA) is 58.6 Å². The zero-order valence-corrected chi connectivity index (χ0v) is 14.2. The molecule has 1 aliphatic rings. The minimum Gasteiger partial charge on any atom is -0.444 e. The van der Waals surface area contributed by atoms with Gasteiger partial charge in [-0.15, -0.1) is 0 Å². The van der Waals surface area contributed by atoms with Gasteiger partial charge in [0, 0.05) is 18.5 Å². The van der Waals surface area contributed by atoms with Gasteiger partial charge in [-0.25, -0.2) is 4.79 Å². The highest BCUT2D eigenvalue weighted by Gasteiger charge is 2.48. The molecule has 1 aliphatic heterocycles. The van der Waals surface area contributed by atoms with E-state index >= 15 is 0 Å². The largest absolute Gasteiger partial charge is 0.444 e. The van der Waals surface area contributed by atoms with Gasteiger partial charge < -0.3 is 15.0 Å². The summed E-state index contributed by atoms with van der Waals surface area (Å²) in [6.07, 6.45) is -5.25. The Balaban J connectivity index is 2.79. The predicted octanol–water partition coefficient (Wildman–Crippen LogP) is 3.09.